The van der Waals surface area contributed by atoms with E-state index in [4.69, 9.17) is 4.74 Å². The Morgan fingerprint density at radius 3 is 2.04 bits per heavy atom. The molecule has 2 aromatic rings. The van der Waals surface area contributed by atoms with Gasteiger partial charge in [-0.3, -0.25) is 9.59 Å². The summed E-state index contributed by atoms with van der Waals surface area (Å²) in [4.78, 5) is 24.7. The van der Waals surface area contributed by atoms with E-state index < -0.39 is 11.8 Å². The van der Waals surface area contributed by atoms with E-state index in [0.717, 1.165) is 22.4 Å². The van der Waals surface area contributed by atoms with Crippen molar-refractivity contribution in [1.29, 1.82) is 0 Å². The Kier molecular flexibility index (Phi) is 6.78. The molecule has 138 valence electrons. The third-order valence-electron chi connectivity index (χ3n) is 3.97. The largest absolute Gasteiger partial charge is 0.494 e. The molecule has 2 rings (SSSR count). The molecule has 5 nitrogen and oxygen atoms in total. The van der Waals surface area contributed by atoms with Gasteiger partial charge in [0.05, 0.1) is 6.61 Å². The molecule has 0 aliphatic heterocycles. The number of rotatable bonds is 6. The summed E-state index contributed by atoms with van der Waals surface area (Å²) in [5.74, 6) is -0.249. The number of nitrogens with zero attached hydrogens (tertiary/aromatic N) is 1. The van der Waals surface area contributed by atoms with Gasteiger partial charge in [-0.15, -0.1) is 0 Å². The van der Waals surface area contributed by atoms with E-state index in [2.05, 4.69) is 17.4 Å². The average molecular weight is 354 g/mol. The summed E-state index contributed by atoms with van der Waals surface area (Å²) in [6, 6.07) is 16.1. The summed E-state index contributed by atoms with van der Waals surface area (Å²) in [5, 5.41) is 2.73. The Morgan fingerprint density at radius 1 is 1.00 bits per heavy atom. The molecule has 0 aromatic heterocycles. The highest BCUT2D eigenvalue weighted by Gasteiger charge is 2.17. The maximum Gasteiger partial charge on any atom is 0.311 e. The quantitative estimate of drug-likeness (QED) is 0.812. The Labute approximate surface area is 155 Å². The Bertz CT molecular complexity index is 737. The fraction of sp³-hybridized carbons (Fsp3) is 0.333. The minimum absolute atomic E-state index is 0.122. The number of likely N-dealkylation sites (N-methyl/N-ethyl adjacent to an activating group) is 1. The van der Waals surface area contributed by atoms with Crippen molar-refractivity contribution >= 4 is 11.8 Å². The van der Waals surface area contributed by atoms with E-state index in [0.29, 0.717) is 13.0 Å². The van der Waals surface area contributed by atoms with Gasteiger partial charge < -0.3 is 15.0 Å². The standard InChI is InChI=1S/C21H26N2O3/c1-5-26-19-12-10-18(11-13-19)17-8-6-16(7-9-17)14-15(2)22-20(24)21(25)23(3)4/h6-13,15H,5,14H2,1-4H3,(H,22,24). The van der Waals surface area contributed by atoms with Crippen LogP contribution in [-0.4, -0.2) is 43.5 Å². The predicted octanol–water partition coefficient (Wildman–Crippen LogP) is 2.89. The number of benzene rings is 2. The van der Waals surface area contributed by atoms with E-state index in [1.165, 1.54) is 4.90 Å². The van der Waals surface area contributed by atoms with Crippen molar-refractivity contribution in [3.63, 3.8) is 0 Å². The fourth-order valence-corrected chi connectivity index (χ4v) is 2.64. The molecule has 26 heavy (non-hydrogen) atoms. The summed E-state index contributed by atoms with van der Waals surface area (Å²) < 4.78 is 5.46. The van der Waals surface area contributed by atoms with Crippen LogP contribution in [0.2, 0.25) is 0 Å². The second kappa shape index (κ2) is 9.04. The number of nitrogens with one attached hydrogen (secondary N) is 1. The maximum absolute atomic E-state index is 11.8. The normalized spacial score (nSPS) is 11.5. The highest BCUT2D eigenvalue weighted by atomic mass is 16.5. The maximum atomic E-state index is 11.8. The van der Waals surface area contributed by atoms with Gasteiger partial charge in [-0.05, 0) is 49.1 Å². The predicted molar refractivity (Wildman–Crippen MR) is 103 cm³/mol. The lowest BCUT2D eigenvalue weighted by molar-refractivity contribution is -0.144. The third-order valence-corrected chi connectivity index (χ3v) is 3.97. The van der Waals surface area contributed by atoms with E-state index in [-0.39, 0.29) is 6.04 Å². The first-order valence-electron chi connectivity index (χ1n) is 8.75. The zero-order valence-corrected chi connectivity index (χ0v) is 15.8. The van der Waals surface area contributed by atoms with Crippen molar-refractivity contribution in [2.45, 2.75) is 26.3 Å². The van der Waals surface area contributed by atoms with Crippen LogP contribution in [0.1, 0.15) is 19.4 Å². The van der Waals surface area contributed by atoms with E-state index in [1.807, 2.05) is 50.2 Å². The monoisotopic (exact) mass is 354 g/mol. The van der Waals surface area contributed by atoms with Crippen LogP contribution >= 0.6 is 0 Å². The Balaban J connectivity index is 1.96. The van der Waals surface area contributed by atoms with Gasteiger partial charge in [-0.2, -0.15) is 0 Å². The number of amides is 2. The van der Waals surface area contributed by atoms with Crippen molar-refractivity contribution in [2.75, 3.05) is 20.7 Å². The van der Waals surface area contributed by atoms with Crippen molar-refractivity contribution in [3.05, 3.63) is 54.1 Å². The lowest BCUT2D eigenvalue weighted by Crippen LogP contribution is -2.43. The summed E-state index contributed by atoms with van der Waals surface area (Å²) in [7, 11) is 3.12. The first kappa shape index (κ1) is 19.5. The molecule has 0 aliphatic carbocycles. The van der Waals surface area contributed by atoms with Gasteiger partial charge in [0, 0.05) is 20.1 Å². The Morgan fingerprint density at radius 2 is 1.54 bits per heavy atom. The molecule has 0 saturated carbocycles. The highest BCUT2D eigenvalue weighted by molar-refractivity contribution is 6.34. The van der Waals surface area contributed by atoms with Gasteiger partial charge in [0.25, 0.3) is 0 Å². The second-order valence-corrected chi connectivity index (χ2v) is 6.43. The molecular weight excluding hydrogens is 328 g/mol. The van der Waals surface area contributed by atoms with E-state index in [1.54, 1.807) is 14.1 Å². The molecule has 0 spiro atoms. The van der Waals surface area contributed by atoms with Crippen LogP contribution in [0.5, 0.6) is 5.75 Å². The smallest absolute Gasteiger partial charge is 0.311 e. The van der Waals surface area contributed by atoms with Gasteiger partial charge in [0.1, 0.15) is 5.75 Å². The summed E-state index contributed by atoms with van der Waals surface area (Å²) in [6.45, 7) is 4.51. The molecular formula is C21H26N2O3. The van der Waals surface area contributed by atoms with Crippen LogP contribution in [0.4, 0.5) is 0 Å². The number of carbonyl (C=O) groups is 2. The Hall–Kier alpha value is -2.82. The van der Waals surface area contributed by atoms with Crippen molar-refractivity contribution < 1.29 is 14.3 Å². The molecule has 1 atom stereocenters. The molecule has 2 amide bonds. The molecule has 0 fully saturated rings. The summed E-state index contributed by atoms with van der Waals surface area (Å²) >= 11 is 0. The number of hydrogen-bond acceptors (Lipinski definition) is 3. The molecule has 0 bridgehead atoms. The van der Waals surface area contributed by atoms with Gasteiger partial charge in [0.2, 0.25) is 0 Å². The molecule has 0 heterocycles. The minimum Gasteiger partial charge on any atom is -0.494 e. The third kappa shape index (κ3) is 5.34. The first-order chi connectivity index (χ1) is 12.4. The van der Waals surface area contributed by atoms with Crippen LogP contribution < -0.4 is 10.1 Å². The second-order valence-electron chi connectivity index (χ2n) is 6.43. The topological polar surface area (TPSA) is 58.6 Å². The molecule has 2 aromatic carbocycles. The number of ether oxygens (including phenoxy) is 1. The van der Waals surface area contributed by atoms with Crippen molar-refractivity contribution in [2.24, 2.45) is 0 Å². The molecule has 1 N–H and O–H groups in total. The summed E-state index contributed by atoms with van der Waals surface area (Å²) in [5.41, 5.74) is 3.35. The van der Waals surface area contributed by atoms with E-state index >= 15 is 0 Å². The van der Waals surface area contributed by atoms with Gasteiger partial charge in [-0.1, -0.05) is 36.4 Å². The SMILES string of the molecule is CCOc1ccc(-c2ccc(CC(C)NC(=O)C(=O)N(C)C)cc2)cc1. The van der Waals surface area contributed by atoms with Crippen molar-refractivity contribution in [3.8, 4) is 16.9 Å². The van der Waals surface area contributed by atoms with Crippen LogP contribution in [0, 0.1) is 0 Å². The number of hydrogen-bond donors (Lipinski definition) is 1. The zero-order chi connectivity index (χ0) is 19.1. The van der Waals surface area contributed by atoms with Gasteiger partial charge in [0.15, 0.2) is 0 Å². The van der Waals surface area contributed by atoms with Gasteiger partial charge in [-0.25, -0.2) is 0 Å². The minimum atomic E-state index is -0.575. The van der Waals surface area contributed by atoms with Crippen molar-refractivity contribution in [1.82, 2.24) is 10.2 Å². The number of carbonyl (C=O) groups excluding carboxylic acids is 2. The molecule has 0 saturated heterocycles. The van der Waals surface area contributed by atoms with Crippen LogP contribution in [0.15, 0.2) is 48.5 Å². The first-order valence-corrected chi connectivity index (χ1v) is 8.75. The van der Waals surface area contributed by atoms with E-state index in [9.17, 15) is 9.59 Å². The molecule has 0 radical (unpaired) electrons. The molecule has 1 unspecified atom stereocenters. The molecule has 0 aliphatic rings. The summed E-state index contributed by atoms with van der Waals surface area (Å²) in [6.07, 6.45) is 0.663. The van der Waals surface area contributed by atoms with Crippen LogP contribution in [0.25, 0.3) is 11.1 Å². The lowest BCUT2D eigenvalue weighted by atomic mass is 10.0. The lowest BCUT2D eigenvalue weighted by Gasteiger charge is -2.16. The van der Waals surface area contributed by atoms with Crippen LogP contribution in [0.3, 0.4) is 0 Å². The highest BCUT2D eigenvalue weighted by Crippen LogP contribution is 2.23. The average Bonchev–Trinajstić information content (AvgIpc) is 2.62. The van der Waals surface area contributed by atoms with Gasteiger partial charge >= 0.3 is 11.8 Å². The molecule has 5 heteroatoms. The fourth-order valence-electron chi connectivity index (χ4n) is 2.64. The van der Waals surface area contributed by atoms with Crippen LogP contribution in [-0.2, 0) is 16.0 Å². The zero-order valence-electron chi connectivity index (χ0n) is 15.8.